The zero-order valence-corrected chi connectivity index (χ0v) is 16.7. The summed E-state index contributed by atoms with van der Waals surface area (Å²) in [4.78, 5) is 38.4. The molecule has 2 fully saturated rings. The summed E-state index contributed by atoms with van der Waals surface area (Å²) in [5.74, 6) is -0.691. The predicted octanol–water partition coefficient (Wildman–Crippen LogP) is 2.43. The van der Waals surface area contributed by atoms with Crippen LogP contribution in [0.25, 0.3) is 11.1 Å². The molecule has 150 valence electrons. The second-order valence-electron chi connectivity index (χ2n) is 7.54. The number of ether oxygens (including phenoxy) is 1. The van der Waals surface area contributed by atoms with Gasteiger partial charge in [0.15, 0.2) is 5.58 Å². The molecule has 0 bridgehead atoms. The first-order valence-electron chi connectivity index (χ1n) is 9.54. The number of hydrogen-bond donors (Lipinski definition) is 0. The summed E-state index contributed by atoms with van der Waals surface area (Å²) in [5.41, 5.74) is 2.82. The molecule has 0 aliphatic carbocycles. The molecule has 9 heteroatoms. The van der Waals surface area contributed by atoms with Gasteiger partial charge in [-0.15, -0.1) is 11.3 Å². The minimum absolute atomic E-state index is 0.0843. The van der Waals surface area contributed by atoms with E-state index in [4.69, 9.17) is 9.15 Å². The number of anilines is 1. The topological polar surface area (TPSA) is 88.8 Å². The first-order valence-corrected chi connectivity index (χ1v) is 10.4. The van der Waals surface area contributed by atoms with Crippen molar-refractivity contribution < 1.29 is 18.7 Å². The van der Waals surface area contributed by atoms with Crippen LogP contribution in [-0.4, -0.2) is 59.5 Å². The number of carbonyl (C=O) groups is 2. The van der Waals surface area contributed by atoms with Crippen molar-refractivity contribution in [3.63, 3.8) is 0 Å². The Bertz CT molecular complexity index is 1020. The van der Waals surface area contributed by atoms with Crippen molar-refractivity contribution in [1.82, 2.24) is 14.9 Å². The number of thiazole rings is 1. The molecule has 29 heavy (non-hydrogen) atoms. The maximum atomic E-state index is 12.8. The van der Waals surface area contributed by atoms with Gasteiger partial charge in [0.2, 0.25) is 0 Å². The van der Waals surface area contributed by atoms with Crippen molar-refractivity contribution in [1.29, 1.82) is 0 Å². The highest BCUT2D eigenvalue weighted by Gasteiger charge is 2.59. The van der Waals surface area contributed by atoms with Crippen LogP contribution in [-0.2, 0) is 9.53 Å². The van der Waals surface area contributed by atoms with E-state index in [2.05, 4.69) is 9.97 Å². The van der Waals surface area contributed by atoms with Crippen LogP contribution in [0.4, 0.5) is 6.01 Å². The highest BCUT2D eigenvalue weighted by atomic mass is 32.1. The molecule has 0 saturated carbocycles. The summed E-state index contributed by atoms with van der Waals surface area (Å²) in [5, 5.41) is 0. The summed E-state index contributed by atoms with van der Waals surface area (Å²) in [7, 11) is 0. The van der Waals surface area contributed by atoms with Crippen LogP contribution < -0.4 is 4.90 Å². The average Bonchev–Trinajstić information content (AvgIpc) is 3.43. The summed E-state index contributed by atoms with van der Waals surface area (Å²) in [6, 6.07) is 8.17. The lowest BCUT2D eigenvalue weighted by Gasteiger charge is -2.49. The average molecular weight is 412 g/mol. The second kappa shape index (κ2) is 6.84. The number of aromatic nitrogens is 2. The van der Waals surface area contributed by atoms with Crippen molar-refractivity contribution in [2.24, 2.45) is 11.3 Å². The minimum atomic E-state index is -0.361. The number of nitrogens with zero attached hydrogens (tertiary/aromatic N) is 4. The molecular formula is C20H20N4O4S. The first-order chi connectivity index (χ1) is 14.1. The van der Waals surface area contributed by atoms with Gasteiger partial charge in [-0.3, -0.25) is 14.6 Å². The number of likely N-dealkylation sites (tertiary alicyclic amines) is 1. The molecule has 3 aromatic rings. The van der Waals surface area contributed by atoms with Crippen LogP contribution in [0.2, 0.25) is 0 Å². The Kier molecular flexibility index (Phi) is 4.27. The van der Waals surface area contributed by atoms with Crippen molar-refractivity contribution in [2.75, 3.05) is 37.7 Å². The molecule has 2 aromatic heterocycles. The van der Waals surface area contributed by atoms with Crippen molar-refractivity contribution >= 4 is 40.3 Å². The van der Waals surface area contributed by atoms with Crippen LogP contribution in [0.15, 0.2) is 40.4 Å². The Morgan fingerprint density at radius 2 is 2.14 bits per heavy atom. The van der Waals surface area contributed by atoms with Gasteiger partial charge in [0.25, 0.3) is 11.9 Å². The van der Waals surface area contributed by atoms with Crippen LogP contribution >= 0.6 is 11.3 Å². The van der Waals surface area contributed by atoms with Gasteiger partial charge < -0.3 is 19.0 Å². The maximum absolute atomic E-state index is 12.8. The van der Waals surface area contributed by atoms with Gasteiger partial charge in [-0.25, -0.2) is 0 Å². The quantitative estimate of drug-likeness (QED) is 0.608. The number of amides is 1. The molecule has 1 amide bonds. The lowest BCUT2D eigenvalue weighted by molar-refractivity contribution is -0.151. The van der Waals surface area contributed by atoms with E-state index in [9.17, 15) is 9.59 Å². The monoisotopic (exact) mass is 412 g/mol. The largest absolute Gasteiger partial charge is 0.466 e. The molecule has 2 aliphatic rings. The number of hydrogen-bond acceptors (Lipinski definition) is 8. The minimum Gasteiger partial charge on any atom is -0.466 e. The molecular weight excluding hydrogens is 392 g/mol. The number of esters is 1. The number of rotatable bonds is 4. The third kappa shape index (κ3) is 2.96. The lowest BCUT2D eigenvalue weighted by Crippen LogP contribution is -2.62. The van der Waals surface area contributed by atoms with Gasteiger partial charge in [0.1, 0.15) is 10.4 Å². The van der Waals surface area contributed by atoms with Crippen LogP contribution in [0, 0.1) is 11.3 Å². The Labute approximate surface area is 171 Å². The number of carbonyl (C=O) groups excluding carboxylic acids is 2. The SMILES string of the molecule is CCOC(=O)C1CN(C(=O)c2cncs2)CC12CN(c1nc3ccccc3o1)C2. The van der Waals surface area contributed by atoms with Gasteiger partial charge in [0, 0.05) is 31.6 Å². The van der Waals surface area contributed by atoms with E-state index in [0.29, 0.717) is 43.7 Å². The van der Waals surface area contributed by atoms with E-state index < -0.39 is 0 Å². The Morgan fingerprint density at radius 3 is 2.86 bits per heavy atom. The molecule has 1 spiro atoms. The smallest absolute Gasteiger partial charge is 0.311 e. The van der Waals surface area contributed by atoms with E-state index in [1.54, 1.807) is 23.5 Å². The molecule has 2 aliphatic heterocycles. The fourth-order valence-electron chi connectivity index (χ4n) is 4.33. The molecule has 0 radical (unpaired) electrons. The highest BCUT2D eigenvalue weighted by molar-refractivity contribution is 7.11. The zero-order chi connectivity index (χ0) is 20.0. The van der Waals surface area contributed by atoms with Crippen molar-refractivity contribution in [3.8, 4) is 0 Å². The van der Waals surface area contributed by atoms with Crippen LogP contribution in [0.5, 0.6) is 0 Å². The van der Waals surface area contributed by atoms with E-state index in [0.717, 1.165) is 11.1 Å². The summed E-state index contributed by atoms with van der Waals surface area (Å²) in [6.45, 7) is 4.17. The Morgan fingerprint density at radius 1 is 1.31 bits per heavy atom. The number of para-hydroxylation sites is 2. The van der Waals surface area contributed by atoms with E-state index >= 15 is 0 Å². The van der Waals surface area contributed by atoms with E-state index in [1.807, 2.05) is 29.2 Å². The van der Waals surface area contributed by atoms with Gasteiger partial charge >= 0.3 is 5.97 Å². The fourth-order valence-corrected chi connectivity index (χ4v) is 4.92. The number of benzene rings is 1. The van der Waals surface area contributed by atoms with Crippen LogP contribution in [0.3, 0.4) is 0 Å². The molecule has 5 rings (SSSR count). The molecule has 0 N–H and O–H groups in total. The Balaban J connectivity index is 1.38. The first kappa shape index (κ1) is 18.1. The third-order valence-corrected chi connectivity index (χ3v) is 6.48. The van der Waals surface area contributed by atoms with Crippen molar-refractivity contribution in [2.45, 2.75) is 6.92 Å². The summed E-state index contributed by atoms with van der Waals surface area (Å²) in [6.07, 6.45) is 1.57. The fraction of sp³-hybridized carbons (Fsp3) is 0.400. The molecule has 8 nitrogen and oxygen atoms in total. The number of oxazole rings is 1. The second-order valence-corrected chi connectivity index (χ2v) is 8.42. The normalized spacial score (nSPS) is 20.2. The summed E-state index contributed by atoms with van der Waals surface area (Å²) >= 11 is 1.31. The lowest BCUT2D eigenvalue weighted by atomic mass is 9.71. The van der Waals surface area contributed by atoms with E-state index in [-0.39, 0.29) is 23.2 Å². The van der Waals surface area contributed by atoms with Gasteiger partial charge in [-0.1, -0.05) is 12.1 Å². The maximum Gasteiger partial charge on any atom is 0.311 e. The number of fused-ring (bicyclic) bond motifs is 1. The Hall–Kier alpha value is -2.94. The van der Waals surface area contributed by atoms with Gasteiger partial charge in [-0.2, -0.15) is 4.98 Å². The summed E-state index contributed by atoms with van der Waals surface area (Å²) < 4.78 is 11.2. The standard InChI is InChI=1S/C20H20N4O4S/c1-2-27-18(26)13-8-23(17(25)16-7-21-12-29-16)9-20(13)10-24(11-20)19-22-14-5-3-4-6-15(14)28-19/h3-7,12-13H,2,8-11H2,1H3. The predicted molar refractivity (Wildman–Crippen MR) is 107 cm³/mol. The molecule has 4 heterocycles. The van der Waals surface area contributed by atoms with Gasteiger partial charge in [0.05, 0.1) is 24.2 Å². The van der Waals surface area contributed by atoms with Crippen LogP contribution in [0.1, 0.15) is 16.6 Å². The molecule has 1 atom stereocenters. The van der Waals surface area contributed by atoms with E-state index in [1.165, 1.54) is 11.3 Å². The molecule has 1 aromatic carbocycles. The van der Waals surface area contributed by atoms with Crippen molar-refractivity contribution in [3.05, 3.63) is 40.8 Å². The third-order valence-electron chi connectivity index (χ3n) is 5.71. The van der Waals surface area contributed by atoms with Gasteiger partial charge in [-0.05, 0) is 19.1 Å². The highest BCUT2D eigenvalue weighted by Crippen LogP contribution is 2.46. The molecule has 2 saturated heterocycles. The zero-order valence-electron chi connectivity index (χ0n) is 15.9. The molecule has 1 unspecified atom stereocenters.